The molecule has 0 heterocycles. The van der Waals surface area contributed by atoms with Crippen LogP contribution in [-0.2, 0) is 5.54 Å². The zero-order valence-electron chi connectivity index (χ0n) is 10.9. The van der Waals surface area contributed by atoms with Gasteiger partial charge in [-0.3, -0.25) is 0 Å². The number of likely N-dealkylation sites (N-methyl/N-ethyl adjacent to an activating group) is 1. The molecule has 0 aliphatic rings. The van der Waals surface area contributed by atoms with Crippen molar-refractivity contribution in [1.29, 1.82) is 0 Å². The van der Waals surface area contributed by atoms with Gasteiger partial charge in [0.2, 0.25) is 0 Å². The molecule has 0 fully saturated rings. The standard InChI is InChI=1S/C13H21NO3/c1-5-14-13(2,9-15)11-8-10(16-3)6-7-12(11)17-4/h6-8,14-15H,5,9H2,1-4H3. The molecule has 0 aliphatic carbocycles. The van der Waals surface area contributed by atoms with Crippen LogP contribution in [0.5, 0.6) is 11.5 Å². The summed E-state index contributed by atoms with van der Waals surface area (Å²) in [7, 11) is 3.24. The summed E-state index contributed by atoms with van der Waals surface area (Å²) in [6, 6.07) is 5.57. The van der Waals surface area contributed by atoms with Gasteiger partial charge >= 0.3 is 0 Å². The van der Waals surface area contributed by atoms with E-state index in [4.69, 9.17) is 9.47 Å². The third kappa shape index (κ3) is 2.90. The SMILES string of the molecule is CCNC(C)(CO)c1cc(OC)ccc1OC. The fourth-order valence-corrected chi connectivity index (χ4v) is 1.87. The van der Waals surface area contributed by atoms with Crippen LogP contribution in [0.1, 0.15) is 19.4 Å². The summed E-state index contributed by atoms with van der Waals surface area (Å²) in [6.07, 6.45) is 0. The highest BCUT2D eigenvalue weighted by molar-refractivity contribution is 5.44. The van der Waals surface area contributed by atoms with Gasteiger partial charge in [-0.25, -0.2) is 0 Å². The Hall–Kier alpha value is -1.26. The van der Waals surface area contributed by atoms with E-state index in [1.165, 1.54) is 0 Å². The Kier molecular flexibility index (Phi) is 4.78. The number of rotatable bonds is 6. The Bertz CT molecular complexity index is 368. The quantitative estimate of drug-likeness (QED) is 0.790. The van der Waals surface area contributed by atoms with Gasteiger partial charge < -0.3 is 19.9 Å². The molecule has 1 aromatic carbocycles. The van der Waals surface area contributed by atoms with Crippen LogP contribution in [0.2, 0.25) is 0 Å². The number of hydrogen-bond donors (Lipinski definition) is 2. The minimum Gasteiger partial charge on any atom is -0.497 e. The largest absolute Gasteiger partial charge is 0.497 e. The molecule has 1 rings (SSSR count). The minimum atomic E-state index is -0.533. The fourth-order valence-electron chi connectivity index (χ4n) is 1.87. The summed E-state index contributed by atoms with van der Waals surface area (Å²) in [4.78, 5) is 0. The summed E-state index contributed by atoms with van der Waals surface area (Å²) in [6.45, 7) is 4.69. The summed E-state index contributed by atoms with van der Waals surface area (Å²) in [5.74, 6) is 1.49. The minimum absolute atomic E-state index is 0.00956. The van der Waals surface area contributed by atoms with Gasteiger partial charge in [0, 0.05) is 5.56 Å². The van der Waals surface area contributed by atoms with Gasteiger partial charge in [0.1, 0.15) is 11.5 Å². The smallest absolute Gasteiger partial charge is 0.124 e. The maximum absolute atomic E-state index is 9.59. The van der Waals surface area contributed by atoms with Crippen molar-refractivity contribution in [3.63, 3.8) is 0 Å². The molecule has 1 aromatic rings. The second-order valence-electron chi connectivity index (χ2n) is 4.09. The van der Waals surface area contributed by atoms with Gasteiger partial charge in [-0.05, 0) is 31.7 Å². The molecule has 2 N–H and O–H groups in total. The Labute approximate surface area is 103 Å². The third-order valence-electron chi connectivity index (χ3n) is 2.88. The van der Waals surface area contributed by atoms with Crippen LogP contribution in [0.3, 0.4) is 0 Å². The Morgan fingerprint density at radius 3 is 2.47 bits per heavy atom. The Balaban J connectivity index is 3.24. The van der Waals surface area contributed by atoms with E-state index in [1.54, 1.807) is 14.2 Å². The summed E-state index contributed by atoms with van der Waals surface area (Å²) in [5, 5.41) is 12.9. The number of nitrogens with one attached hydrogen (secondary N) is 1. The van der Waals surface area contributed by atoms with Gasteiger partial charge in [-0.1, -0.05) is 6.92 Å². The molecule has 0 amide bonds. The molecule has 0 bridgehead atoms. The molecule has 1 atom stereocenters. The number of ether oxygens (including phenoxy) is 2. The Morgan fingerprint density at radius 1 is 1.29 bits per heavy atom. The molecular formula is C13H21NO3. The average molecular weight is 239 g/mol. The first-order chi connectivity index (χ1) is 8.11. The van der Waals surface area contributed by atoms with Crippen LogP contribution in [0.15, 0.2) is 18.2 Å². The lowest BCUT2D eigenvalue weighted by Gasteiger charge is -2.30. The van der Waals surface area contributed by atoms with E-state index in [-0.39, 0.29) is 6.61 Å². The number of aliphatic hydroxyl groups excluding tert-OH is 1. The van der Waals surface area contributed by atoms with Crippen LogP contribution in [0, 0.1) is 0 Å². The molecular weight excluding hydrogens is 218 g/mol. The Morgan fingerprint density at radius 2 is 2.00 bits per heavy atom. The highest BCUT2D eigenvalue weighted by Gasteiger charge is 2.28. The van der Waals surface area contributed by atoms with Crippen molar-refractivity contribution in [3.8, 4) is 11.5 Å². The first-order valence-electron chi connectivity index (χ1n) is 5.69. The first kappa shape index (κ1) is 13.8. The molecule has 0 saturated heterocycles. The van der Waals surface area contributed by atoms with Crippen molar-refractivity contribution in [2.45, 2.75) is 19.4 Å². The lowest BCUT2D eigenvalue weighted by Crippen LogP contribution is -2.43. The van der Waals surface area contributed by atoms with Crippen LogP contribution >= 0.6 is 0 Å². The molecule has 4 heteroatoms. The predicted molar refractivity (Wildman–Crippen MR) is 67.7 cm³/mol. The van der Waals surface area contributed by atoms with E-state index in [9.17, 15) is 5.11 Å². The van der Waals surface area contributed by atoms with E-state index in [1.807, 2.05) is 32.0 Å². The third-order valence-corrected chi connectivity index (χ3v) is 2.88. The monoisotopic (exact) mass is 239 g/mol. The fraction of sp³-hybridized carbons (Fsp3) is 0.538. The highest BCUT2D eigenvalue weighted by Crippen LogP contribution is 2.32. The predicted octanol–water partition coefficient (Wildman–Crippen LogP) is 1.52. The van der Waals surface area contributed by atoms with Crippen molar-refractivity contribution in [2.24, 2.45) is 0 Å². The second-order valence-corrected chi connectivity index (χ2v) is 4.09. The summed E-state index contributed by atoms with van der Waals surface area (Å²) in [5.41, 5.74) is 0.359. The van der Waals surface area contributed by atoms with Crippen LogP contribution in [-0.4, -0.2) is 32.5 Å². The van der Waals surface area contributed by atoms with E-state index in [0.29, 0.717) is 0 Å². The van der Waals surface area contributed by atoms with Crippen LogP contribution in [0.25, 0.3) is 0 Å². The lowest BCUT2D eigenvalue weighted by atomic mass is 9.91. The van der Waals surface area contributed by atoms with Crippen molar-refractivity contribution in [2.75, 3.05) is 27.4 Å². The number of benzene rings is 1. The summed E-state index contributed by atoms with van der Waals surface area (Å²) >= 11 is 0. The van der Waals surface area contributed by atoms with E-state index >= 15 is 0 Å². The highest BCUT2D eigenvalue weighted by atomic mass is 16.5. The van der Waals surface area contributed by atoms with Crippen molar-refractivity contribution < 1.29 is 14.6 Å². The van der Waals surface area contributed by atoms with Gasteiger partial charge in [0.25, 0.3) is 0 Å². The van der Waals surface area contributed by atoms with Gasteiger partial charge in [0.05, 0.1) is 26.4 Å². The van der Waals surface area contributed by atoms with E-state index in [2.05, 4.69) is 5.32 Å². The topological polar surface area (TPSA) is 50.7 Å². The molecule has 0 saturated carbocycles. The van der Waals surface area contributed by atoms with Gasteiger partial charge in [-0.15, -0.1) is 0 Å². The lowest BCUT2D eigenvalue weighted by molar-refractivity contribution is 0.173. The van der Waals surface area contributed by atoms with Crippen molar-refractivity contribution in [3.05, 3.63) is 23.8 Å². The molecule has 1 unspecified atom stereocenters. The zero-order valence-corrected chi connectivity index (χ0v) is 10.9. The first-order valence-corrected chi connectivity index (χ1v) is 5.69. The molecule has 0 aliphatic heterocycles. The number of aliphatic hydroxyl groups is 1. The average Bonchev–Trinajstić information content (AvgIpc) is 2.38. The zero-order chi connectivity index (χ0) is 12.9. The van der Waals surface area contributed by atoms with Crippen LogP contribution < -0.4 is 14.8 Å². The molecule has 4 nitrogen and oxygen atoms in total. The maximum atomic E-state index is 9.59. The van der Waals surface area contributed by atoms with Crippen LogP contribution in [0.4, 0.5) is 0 Å². The summed E-state index contributed by atoms with van der Waals surface area (Å²) < 4.78 is 10.5. The van der Waals surface area contributed by atoms with E-state index in [0.717, 1.165) is 23.6 Å². The molecule has 0 spiro atoms. The van der Waals surface area contributed by atoms with Gasteiger partial charge in [-0.2, -0.15) is 0 Å². The molecule has 0 aromatic heterocycles. The number of methoxy groups -OCH3 is 2. The normalized spacial score (nSPS) is 14.2. The van der Waals surface area contributed by atoms with Crippen molar-refractivity contribution >= 4 is 0 Å². The second kappa shape index (κ2) is 5.89. The van der Waals surface area contributed by atoms with E-state index < -0.39 is 5.54 Å². The maximum Gasteiger partial charge on any atom is 0.124 e. The van der Waals surface area contributed by atoms with Gasteiger partial charge in [0.15, 0.2) is 0 Å². The molecule has 0 radical (unpaired) electrons. The molecule has 17 heavy (non-hydrogen) atoms. The molecule has 96 valence electrons. The van der Waals surface area contributed by atoms with Crippen molar-refractivity contribution in [1.82, 2.24) is 5.32 Å². The number of hydrogen-bond acceptors (Lipinski definition) is 4.